The fourth-order valence-corrected chi connectivity index (χ4v) is 4.75. The number of nitrogens with zero attached hydrogens (tertiary/aromatic N) is 4. The Hall–Kier alpha value is -2.70. The summed E-state index contributed by atoms with van der Waals surface area (Å²) in [6.07, 6.45) is 6.72. The number of furan rings is 1. The number of aliphatic imine (C=N–C) groups is 1. The third-order valence-corrected chi connectivity index (χ3v) is 6.11. The van der Waals surface area contributed by atoms with Crippen LogP contribution in [0.5, 0.6) is 0 Å². The lowest BCUT2D eigenvalue weighted by Crippen LogP contribution is -2.43. The lowest BCUT2D eigenvalue weighted by Gasteiger charge is -2.18. The Morgan fingerprint density at radius 3 is 2.65 bits per heavy atom. The van der Waals surface area contributed by atoms with Gasteiger partial charge in [-0.1, -0.05) is 12.2 Å². The van der Waals surface area contributed by atoms with Gasteiger partial charge in [-0.25, -0.2) is 4.98 Å². The summed E-state index contributed by atoms with van der Waals surface area (Å²) in [6, 6.07) is 3.57. The molecule has 31 heavy (non-hydrogen) atoms. The third-order valence-electron chi connectivity index (χ3n) is 6.11. The average Bonchev–Trinajstić information content (AvgIpc) is 3.55. The molecule has 1 aliphatic heterocycles. The predicted molar refractivity (Wildman–Crippen MR) is 122 cm³/mol. The van der Waals surface area contributed by atoms with Crippen LogP contribution in [0, 0.1) is 23.7 Å². The first-order valence-corrected chi connectivity index (χ1v) is 10.1. The fourth-order valence-electron chi connectivity index (χ4n) is 4.75. The monoisotopic (exact) mass is 537 g/mol. The topological polar surface area (TPSA) is 129 Å². The Labute approximate surface area is 196 Å². The van der Waals surface area contributed by atoms with Gasteiger partial charge in [0.25, 0.3) is 0 Å². The van der Waals surface area contributed by atoms with Crippen LogP contribution in [0.3, 0.4) is 0 Å². The van der Waals surface area contributed by atoms with Crippen molar-refractivity contribution in [3.8, 4) is 11.6 Å². The first-order valence-electron chi connectivity index (χ1n) is 10.1. The van der Waals surface area contributed by atoms with Gasteiger partial charge < -0.3 is 15.1 Å². The summed E-state index contributed by atoms with van der Waals surface area (Å²) in [5.74, 6) is 2.36. The van der Waals surface area contributed by atoms with Crippen LogP contribution in [0.4, 0.5) is 0 Å². The van der Waals surface area contributed by atoms with Gasteiger partial charge in [0.05, 0.1) is 24.6 Å². The largest absolute Gasteiger partial charge is 0.461 e. The van der Waals surface area contributed by atoms with E-state index < -0.39 is 0 Å². The van der Waals surface area contributed by atoms with E-state index in [-0.39, 0.29) is 59.5 Å². The summed E-state index contributed by atoms with van der Waals surface area (Å²) in [7, 11) is 1.66. The maximum absolute atomic E-state index is 12.7. The number of halogens is 1. The number of hydrogen-bond acceptors (Lipinski definition) is 6. The molecule has 3 N–H and O–H groups in total. The van der Waals surface area contributed by atoms with Crippen molar-refractivity contribution in [2.75, 3.05) is 20.1 Å². The summed E-state index contributed by atoms with van der Waals surface area (Å²) < 4.78 is 5.28. The van der Waals surface area contributed by atoms with Crippen molar-refractivity contribution >= 4 is 41.8 Å². The first kappa shape index (κ1) is 21.5. The molecular weight excluding hydrogens is 513 g/mol. The van der Waals surface area contributed by atoms with Crippen molar-refractivity contribution < 1.29 is 14.0 Å². The van der Waals surface area contributed by atoms with E-state index in [1.54, 1.807) is 25.4 Å². The van der Waals surface area contributed by atoms with Crippen LogP contribution in [0.25, 0.3) is 11.6 Å². The van der Waals surface area contributed by atoms with E-state index in [1.807, 2.05) is 0 Å². The minimum absolute atomic E-state index is 0. The highest BCUT2D eigenvalue weighted by Gasteiger charge is 2.58. The zero-order valence-corrected chi connectivity index (χ0v) is 19.3. The molecule has 4 unspecified atom stereocenters. The second-order valence-corrected chi connectivity index (χ2v) is 7.76. The number of imide groups is 1. The van der Waals surface area contributed by atoms with Gasteiger partial charge in [0.15, 0.2) is 11.7 Å². The summed E-state index contributed by atoms with van der Waals surface area (Å²) in [5, 5.41) is 13.2. The van der Waals surface area contributed by atoms with Gasteiger partial charge in [-0.2, -0.15) is 0 Å². The first-order chi connectivity index (χ1) is 14.7. The predicted octanol–water partition coefficient (Wildman–Crippen LogP) is 1.15. The van der Waals surface area contributed by atoms with Crippen molar-refractivity contribution in [1.29, 1.82) is 0 Å². The van der Waals surface area contributed by atoms with E-state index in [9.17, 15) is 9.59 Å². The molecule has 2 amide bonds. The Kier molecular flexibility index (Phi) is 6.12. The number of H-pyrrole nitrogens is 1. The van der Waals surface area contributed by atoms with Crippen LogP contribution in [0.15, 0.2) is 40.0 Å². The molecule has 0 spiro atoms. The maximum Gasteiger partial charge on any atom is 0.233 e. The number of amides is 2. The number of hydrogen-bond donors (Lipinski definition) is 3. The number of rotatable bonds is 6. The summed E-state index contributed by atoms with van der Waals surface area (Å²) in [5.41, 5.74) is 0. The molecule has 164 valence electrons. The number of guanidine groups is 1. The van der Waals surface area contributed by atoms with Gasteiger partial charge in [-0.15, -0.1) is 29.1 Å². The zero-order valence-electron chi connectivity index (χ0n) is 16.9. The summed E-state index contributed by atoms with van der Waals surface area (Å²) in [6.45, 7) is 1.14. The van der Waals surface area contributed by atoms with Gasteiger partial charge in [0.2, 0.25) is 17.6 Å². The second kappa shape index (κ2) is 8.81. The van der Waals surface area contributed by atoms with E-state index in [4.69, 9.17) is 4.42 Å². The number of aromatic nitrogens is 3. The normalized spacial score (nSPS) is 26.4. The number of likely N-dealkylation sites (tertiary alicyclic amines) is 1. The van der Waals surface area contributed by atoms with Crippen LogP contribution < -0.4 is 10.6 Å². The standard InChI is InChI=1S/C20H23N7O3.HI/c1-21-20(23-10-14-24-17(26-25-14)13-3-2-8-30-13)22-6-7-27-18(28)15-11-4-5-12(9-11)16(15)19(27)29;/h2-5,8,11-12,15-16H,6-7,9-10H2,1H3,(H2,21,22,23)(H,24,25,26);1H. The number of carbonyl (C=O) groups excluding carboxylic acids is 2. The fraction of sp³-hybridized carbons (Fsp3) is 0.450. The van der Waals surface area contributed by atoms with Crippen molar-refractivity contribution in [3.05, 3.63) is 36.4 Å². The Balaban J connectivity index is 0.00000231. The Morgan fingerprint density at radius 1 is 1.26 bits per heavy atom. The molecule has 1 saturated heterocycles. The lowest BCUT2D eigenvalue weighted by molar-refractivity contribution is -0.140. The molecule has 5 rings (SSSR count). The summed E-state index contributed by atoms with van der Waals surface area (Å²) in [4.78, 5) is 35.4. The van der Waals surface area contributed by atoms with Crippen molar-refractivity contribution in [2.45, 2.75) is 13.0 Å². The van der Waals surface area contributed by atoms with Gasteiger partial charge in [0, 0.05) is 20.1 Å². The SMILES string of the molecule is CN=C(NCCN1C(=O)C2C3C=CC(C3)C2C1=O)NCc1nc(-c2ccco2)n[nH]1.I. The van der Waals surface area contributed by atoms with E-state index in [0.29, 0.717) is 43.0 Å². The molecule has 3 aliphatic rings. The molecule has 4 atom stereocenters. The quantitative estimate of drug-likeness (QED) is 0.166. The molecule has 2 bridgehead atoms. The highest BCUT2D eigenvalue weighted by Crippen LogP contribution is 2.52. The number of aromatic amines is 1. The smallest absolute Gasteiger partial charge is 0.233 e. The van der Waals surface area contributed by atoms with Crippen molar-refractivity contribution in [1.82, 2.24) is 30.7 Å². The van der Waals surface area contributed by atoms with Crippen LogP contribution in [-0.4, -0.2) is 58.0 Å². The van der Waals surface area contributed by atoms with Crippen LogP contribution in [0.1, 0.15) is 12.2 Å². The molecule has 3 heterocycles. The van der Waals surface area contributed by atoms with E-state index in [0.717, 1.165) is 6.42 Å². The average molecular weight is 537 g/mol. The van der Waals surface area contributed by atoms with Crippen LogP contribution in [-0.2, 0) is 16.1 Å². The van der Waals surface area contributed by atoms with Crippen molar-refractivity contribution in [2.24, 2.45) is 28.7 Å². The van der Waals surface area contributed by atoms with Crippen LogP contribution in [0.2, 0.25) is 0 Å². The number of allylic oxidation sites excluding steroid dienone is 2. The number of fused-ring (bicyclic) bond motifs is 5. The molecule has 1 saturated carbocycles. The number of carbonyl (C=O) groups is 2. The minimum atomic E-state index is -0.153. The zero-order chi connectivity index (χ0) is 20.7. The molecule has 0 aromatic carbocycles. The van der Waals surface area contributed by atoms with Gasteiger partial charge in [-0.3, -0.25) is 24.6 Å². The van der Waals surface area contributed by atoms with E-state index in [1.165, 1.54) is 4.90 Å². The van der Waals surface area contributed by atoms with Gasteiger partial charge >= 0.3 is 0 Å². The molecule has 0 radical (unpaired) electrons. The molecule has 2 aromatic rings. The molecular formula is C20H24IN7O3. The van der Waals surface area contributed by atoms with Gasteiger partial charge in [0.1, 0.15) is 5.82 Å². The second-order valence-electron chi connectivity index (χ2n) is 7.76. The minimum Gasteiger partial charge on any atom is -0.461 e. The number of nitrogens with one attached hydrogen (secondary N) is 3. The van der Waals surface area contributed by atoms with Crippen molar-refractivity contribution in [3.63, 3.8) is 0 Å². The molecule has 11 heteroatoms. The molecule has 2 aliphatic carbocycles. The molecule has 2 aromatic heterocycles. The lowest BCUT2D eigenvalue weighted by atomic mass is 9.85. The highest BCUT2D eigenvalue weighted by molar-refractivity contribution is 14.0. The van der Waals surface area contributed by atoms with E-state index in [2.05, 4.69) is 43.0 Å². The Morgan fingerprint density at radius 2 is 2.00 bits per heavy atom. The highest BCUT2D eigenvalue weighted by atomic mass is 127. The Bertz CT molecular complexity index is 986. The molecule has 2 fully saturated rings. The van der Waals surface area contributed by atoms with Gasteiger partial charge in [-0.05, 0) is 30.4 Å². The molecule has 10 nitrogen and oxygen atoms in total. The third kappa shape index (κ3) is 3.86. The van der Waals surface area contributed by atoms with E-state index >= 15 is 0 Å². The maximum atomic E-state index is 12.7. The summed E-state index contributed by atoms with van der Waals surface area (Å²) >= 11 is 0. The van der Waals surface area contributed by atoms with Crippen LogP contribution >= 0.6 is 24.0 Å².